The molecule has 0 radical (unpaired) electrons. The minimum atomic E-state index is -0.329. The third-order valence-corrected chi connectivity index (χ3v) is 3.94. The Morgan fingerprint density at radius 1 is 1.10 bits per heavy atom. The van der Waals surface area contributed by atoms with Crippen LogP contribution in [0.1, 0.15) is 51.5 Å². The average Bonchev–Trinajstić information content (AvgIpc) is 2.79. The molecule has 0 saturated heterocycles. The summed E-state index contributed by atoms with van der Waals surface area (Å²) in [4.78, 5) is 16.7. The fourth-order valence-electron chi connectivity index (χ4n) is 2.74. The summed E-state index contributed by atoms with van der Waals surface area (Å²) >= 11 is 5.86. The van der Waals surface area contributed by atoms with Crippen LogP contribution in [-0.2, 0) is 4.79 Å². The monoisotopic (exact) mass is 292 g/mol. The first-order valence-corrected chi connectivity index (χ1v) is 7.75. The number of halogens is 1. The molecule has 1 N–H and O–H groups in total. The average molecular weight is 293 g/mol. The molecule has 1 aliphatic carbocycles. The number of hydrogen-bond acceptors (Lipinski definition) is 2. The molecule has 0 bridgehead atoms. The second-order valence-electron chi connectivity index (χ2n) is 5.01. The zero-order valence-corrected chi connectivity index (χ0v) is 12.8. The van der Waals surface area contributed by atoms with Gasteiger partial charge in [0.25, 0.3) is 5.91 Å². The van der Waals surface area contributed by atoms with E-state index in [1.54, 1.807) is 12.1 Å². The van der Waals surface area contributed by atoms with Gasteiger partial charge in [0.1, 0.15) is 11.4 Å². The molecule has 0 atom stereocenters. The van der Waals surface area contributed by atoms with E-state index in [4.69, 9.17) is 11.6 Å². The second-order valence-corrected chi connectivity index (χ2v) is 5.45. The predicted molar refractivity (Wildman–Crippen MR) is 83.3 cm³/mol. The van der Waals surface area contributed by atoms with Crippen LogP contribution in [-0.4, -0.2) is 17.3 Å². The molecular formula is C16H21ClN2O. The normalized spacial score (nSPS) is 19.9. The lowest BCUT2D eigenvalue weighted by Gasteiger charge is -2.30. The van der Waals surface area contributed by atoms with Crippen molar-refractivity contribution in [1.29, 1.82) is 0 Å². The number of carbonyl (C=O) groups is 1. The summed E-state index contributed by atoms with van der Waals surface area (Å²) in [5.74, 6) is -0.0563. The van der Waals surface area contributed by atoms with E-state index in [0.717, 1.165) is 31.2 Å². The minimum absolute atomic E-state index is 0.0563. The van der Waals surface area contributed by atoms with Gasteiger partial charge in [-0.15, -0.1) is 0 Å². The number of aliphatic imine (C=N–C) groups is 1. The van der Waals surface area contributed by atoms with Gasteiger partial charge in [0, 0.05) is 10.6 Å². The first-order valence-electron chi connectivity index (χ1n) is 7.37. The number of amides is 1. The largest absolute Gasteiger partial charge is 0.326 e. The Labute approximate surface area is 125 Å². The highest BCUT2D eigenvalue weighted by Gasteiger charge is 2.40. The lowest BCUT2D eigenvalue weighted by Crippen LogP contribution is -2.43. The van der Waals surface area contributed by atoms with E-state index < -0.39 is 0 Å². The van der Waals surface area contributed by atoms with Gasteiger partial charge >= 0.3 is 0 Å². The molecule has 1 amide bonds. The van der Waals surface area contributed by atoms with E-state index in [1.165, 1.54) is 6.42 Å². The van der Waals surface area contributed by atoms with E-state index in [-0.39, 0.29) is 11.6 Å². The van der Waals surface area contributed by atoms with Crippen LogP contribution < -0.4 is 5.32 Å². The van der Waals surface area contributed by atoms with Crippen LogP contribution in [0.3, 0.4) is 0 Å². The minimum Gasteiger partial charge on any atom is -0.326 e. The van der Waals surface area contributed by atoms with Crippen LogP contribution in [0.25, 0.3) is 0 Å². The van der Waals surface area contributed by atoms with Crippen molar-refractivity contribution in [3.63, 3.8) is 0 Å². The van der Waals surface area contributed by atoms with Crippen LogP contribution in [0.15, 0.2) is 29.3 Å². The zero-order chi connectivity index (χ0) is 14.6. The lowest BCUT2D eigenvalue weighted by atomic mass is 9.90. The molecule has 1 fully saturated rings. The number of nitrogens with zero attached hydrogens (tertiary/aromatic N) is 1. The molecule has 0 unspecified atom stereocenters. The van der Waals surface area contributed by atoms with Gasteiger partial charge in [-0.1, -0.05) is 44.0 Å². The number of benzene rings is 1. The molecule has 2 aliphatic rings. The Bertz CT molecular complexity index is 502. The van der Waals surface area contributed by atoms with Gasteiger partial charge in [0.15, 0.2) is 0 Å². The summed E-state index contributed by atoms with van der Waals surface area (Å²) in [7, 11) is 0. The van der Waals surface area contributed by atoms with Crippen molar-refractivity contribution in [2.45, 2.75) is 51.6 Å². The highest BCUT2D eigenvalue weighted by atomic mass is 35.5. The summed E-state index contributed by atoms with van der Waals surface area (Å²) in [5, 5.41) is 3.73. The van der Waals surface area contributed by atoms with Crippen molar-refractivity contribution in [1.82, 2.24) is 5.32 Å². The van der Waals surface area contributed by atoms with Crippen molar-refractivity contribution in [3.8, 4) is 0 Å². The lowest BCUT2D eigenvalue weighted by molar-refractivity contribution is -0.115. The van der Waals surface area contributed by atoms with Crippen LogP contribution >= 0.6 is 11.6 Å². The van der Waals surface area contributed by atoms with E-state index in [0.29, 0.717) is 10.7 Å². The van der Waals surface area contributed by atoms with Crippen LogP contribution in [0.2, 0.25) is 5.02 Å². The van der Waals surface area contributed by atoms with Crippen molar-refractivity contribution >= 4 is 23.2 Å². The number of carbonyl (C=O) groups excluding carboxylic acids is 1. The van der Waals surface area contributed by atoms with Crippen LogP contribution in [0.4, 0.5) is 0 Å². The van der Waals surface area contributed by atoms with E-state index in [2.05, 4.69) is 10.3 Å². The molecule has 1 aliphatic heterocycles. The third-order valence-electron chi connectivity index (χ3n) is 3.69. The van der Waals surface area contributed by atoms with Gasteiger partial charge in [-0.3, -0.25) is 9.79 Å². The van der Waals surface area contributed by atoms with Gasteiger partial charge in [0.2, 0.25) is 0 Å². The van der Waals surface area contributed by atoms with Crippen LogP contribution in [0.5, 0.6) is 0 Å². The fraction of sp³-hybridized carbons (Fsp3) is 0.500. The maximum absolute atomic E-state index is 12.1. The zero-order valence-electron chi connectivity index (χ0n) is 12.1. The van der Waals surface area contributed by atoms with Crippen molar-refractivity contribution in [3.05, 3.63) is 34.9 Å². The molecule has 108 valence electrons. The Morgan fingerprint density at radius 3 is 2.30 bits per heavy atom. The van der Waals surface area contributed by atoms with Crippen molar-refractivity contribution < 1.29 is 4.79 Å². The Morgan fingerprint density at radius 2 is 1.70 bits per heavy atom. The van der Waals surface area contributed by atoms with Crippen LogP contribution in [0, 0.1) is 0 Å². The molecule has 1 spiro atoms. The molecule has 1 aromatic rings. The standard InChI is InChI=1S/C14H15ClN2O.C2H6/c15-11-6-4-10(5-7-11)12-13(18)17-14(16-12)8-2-1-3-9-14;1-2/h4-7H,1-3,8-9H2,(H,17,18);1-2H3. The number of rotatable bonds is 1. The highest BCUT2D eigenvalue weighted by Crippen LogP contribution is 2.33. The number of hydrogen-bond donors (Lipinski definition) is 1. The molecule has 1 aromatic carbocycles. The topological polar surface area (TPSA) is 41.5 Å². The van der Waals surface area contributed by atoms with Crippen molar-refractivity contribution in [2.24, 2.45) is 4.99 Å². The summed E-state index contributed by atoms with van der Waals surface area (Å²) < 4.78 is 0. The quantitative estimate of drug-likeness (QED) is 0.837. The van der Waals surface area contributed by atoms with Gasteiger partial charge in [-0.2, -0.15) is 0 Å². The first-order chi connectivity index (χ1) is 9.69. The Balaban J connectivity index is 0.000000704. The molecule has 20 heavy (non-hydrogen) atoms. The fourth-order valence-corrected chi connectivity index (χ4v) is 2.87. The Kier molecular flexibility index (Phi) is 4.81. The maximum atomic E-state index is 12.1. The third kappa shape index (κ3) is 3.04. The first kappa shape index (κ1) is 15.0. The van der Waals surface area contributed by atoms with E-state index >= 15 is 0 Å². The summed E-state index contributed by atoms with van der Waals surface area (Å²) in [5.41, 5.74) is 1.07. The molecule has 1 heterocycles. The summed E-state index contributed by atoms with van der Waals surface area (Å²) in [6, 6.07) is 7.28. The van der Waals surface area contributed by atoms with Gasteiger partial charge in [-0.05, 0) is 37.8 Å². The van der Waals surface area contributed by atoms with Gasteiger partial charge < -0.3 is 5.32 Å². The summed E-state index contributed by atoms with van der Waals surface area (Å²) in [6.07, 6.45) is 5.42. The van der Waals surface area contributed by atoms with E-state index in [9.17, 15) is 4.79 Å². The molecular weight excluding hydrogens is 272 g/mol. The summed E-state index contributed by atoms with van der Waals surface area (Å²) in [6.45, 7) is 4.00. The smallest absolute Gasteiger partial charge is 0.272 e. The highest BCUT2D eigenvalue weighted by molar-refractivity contribution is 6.47. The van der Waals surface area contributed by atoms with E-state index in [1.807, 2.05) is 26.0 Å². The van der Waals surface area contributed by atoms with Crippen molar-refractivity contribution in [2.75, 3.05) is 0 Å². The maximum Gasteiger partial charge on any atom is 0.272 e. The second kappa shape index (κ2) is 6.40. The van der Waals surface area contributed by atoms with Gasteiger partial charge in [0.05, 0.1) is 0 Å². The number of nitrogens with one attached hydrogen (secondary N) is 1. The molecule has 0 aromatic heterocycles. The molecule has 3 nitrogen and oxygen atoms in total. The SMILES string of the molecule is CC.O=C1NC2(CCCCC2)N=C1c1ccc(Cl)cc1. The molecule has 1 saturated carbocycles. The predicted octanol–water partition coefficient (Wildman–Crippen LogP) is 3.95. The molecule has 4 heteroatoms. The van der Waals surface area contributed by atoms with Gasteiger partial charge in [-0.25, -0.2) is 0 Å². The molecule has 3 rings (SSSR count). The Hall–Kier alpha value is -1.35.